The van der Waals surface area contributed by atoms with Crippen molar-refractivity contribution in [3.05, 3.63) is 0 Å². The molecule has 7 heteroatoms. The van der Waals surface area contributed by atoms with Gasteiger partial charge in [-0.1, -0.05) is 0 Å². The van der Waals surface area contributed by atoms with E-state index < -0.39 is 23.1 Å². The van der Waals surface area contributed by atoms with Gasteiger partial charge in [-0.2, -0.15) is 0 Å². The number of nitrogens with one attached hydrogen (secondary N) is 1. The van der Waals surface area contributed by atoms with Crippen LogP contribution in [0.3, 0.4) is 0 Å². The Morgan fingerprint density at radius 1 is 1.21 bits per heavy atom. The molecule has 1 unspecified atom stereocenters. The van der Waals surface area contributed by atoms with Crippen molar-refractivity contribution in [3.63, 3.8) is 0 Å². The van der Waals surface area contributed by atoms with Crippen molar-refractivity contribution in [1.29, 1.82) is 0 Å². The van der Waals surface area contributed by atoms with Crippen LogP contribution in [0.15, 0.2) is 0 Å². The molecule has 0 spiro atoms. The second kappa shape index (κ2) is 8.35. The summed E-state index contributed by atoms with van der Waals surface area (Å²) in [5, 5.41) is 2.72. The fourth-order valence-corrected chi connectivity index (χ4v) is 2.85. The monoisotopic (exact) mass is 342 g/mol. The van der Waals surface area contributed by atoms with Crippen molar-refractivity contribution in [1.82, 2.24) is 10.2 Å². The van der Waals surface area contributed by atoms with Crippen LogP contribution in [0.5, 0.6) is 0 Å². The first-order valence-corrected chi connectivity index (χ1v) is 8.55. The molecule has 0 bridgehead atoms. The predicted molar refractivity (Wildman–Crippen MR) is 89.4 cm³/mol. The van der Waals surface area contributed by atoms with Crippen molar-refractivity contribution in [3.8, 4) is 0 Å². The molecule has 2 amide bonds. The van der Waals surface area contributed by atoms with Gasteiger partial charge in [-0.15, -0.1) is 0 Å². The van der Waals surface area contributed by atoms with Gasteiger partial charge in [-0.25, -0.2) is 4.79 Å². The van der Waals surface area contributed by atoms with Crippen LogP contribution >= 0.6 is 0 Å². The normalized spacial score (nSPS) is 21.1. The average molecular weight is 342 g/mol. The molecule has 1 heterocycles. The largest absolute Gasteiger partial charge is 0.466 e. The Balaban J connectivity index is 2.94. The SMILES string of the molecule is CCNC(=O)CC1(C(=O)OCC)CCCN(C(=O)OC(C)(C)C)C1. The molecule has 24 heavy (non-hydrogen) atoms. The summed E-state index contributed by atoms with van der Waals surface area (Å²) in [6.07, 6.45) is 0.686. The van der Waals surface area contributed by atoms with E-state index in [-0.39, 0.29) is 25.5 Å². The molecule has 0 aliphatic carbocycles. The molecule has 1 saturated heterocycles. The molecule has 138 valence electrons. The lowest BCUT2D eigenvalue weighted by atomic mass is 9.76. The first-order chi connectivity index (χ1) is 11.1. The van der Waals surface area contributed by atoms with Crippen molar-refractivity contribution >= 4 is 18.0 Å². The van der Waals surface area contributed by atoms with Crippen LogP contribution in [0.25, 0.3) is 0 Å². The smallest absolute Gasteiger partial charge is 0.410 e. The molecule has 7 nitrogen and oxygen atoms in total. The Morgan fingerprint density at radius 2 is 1.88 bits per heavy atom. The van der Waals surface area contributed by atoms with Gasteiger partial charge in [0.15, 0.2) is 0 Å². The molecule has 0 aromatic carbocycles. The van der Waals surface area contributed by atoms with E-state index in [2.05, 4.69) is 5.32 Å². The number of carbonyl (C=O) groups excluding carboxylic acids is 3. The van der Waals surface area contributed by atoms with E-state index in [4.69, 9.17) is 9.47 Å². The molecule has 1 aliphatic heterocycles. The van der Waals surface area contributed by atoms with Crippen LogP contribution < -0.4 is 5.32 Å². The topological polar surface area (TPSA) is 84.9 Å². The van der Waals surface area contributed by atoms with Crippen LogP contribution in [-0.4, -0.2) is 54.7 Å². The minimum atomic E-state index is -1.01. The number of amides is 2. The number of hydrogen-bond donors (Lipinski definition) is 1. The lowest BCUT2D eigenvalue weighted by Gasteiger charge is -2.40. The van der Waals surface area contributed by atoms with Crippen LogP contribution in [0.2, 0.25) is 0 Å². The van der Waals surface area contributed by atoms with Crippen molar-refractivity contribution in [2.45, 2.75) is 59.5 Å². The summed E-state index contributed by atoms with van der Waals surface area (Å²) >= 11 is 0. The maximum absolute atomic E-state index is 12.5. The van der Waals surface area contributed by atoms with Gasteiger partial charge in [0.05, 0.1) is 12.0 Å². The average Bonchev–Trinajstić information content (AvgIpc) is 2.46. The standard InChI is InChI=1S/C17H30N2O5/c1-6-18-13(20)11-17(14(21)23-7-2)9-8-10-19(12-17)15(22)24-16(3,4)5/h6-12H2,1-5H3,(H,18,20). The Morgan fingerprint density at radius 3 is 2.42 bits per heavy atom. The minimum Gasteiger partial charge on any atom is -0.466 e. The Bertz CT molecular complexity index is 472. The highest BCUT2D eigenvalue weighted by atomic mass is 16.6. The summed E-state index contributed by atoms with van der Waals surface area (Å²) in [6, 6.07) is 0. The molecule has 1 atom stereocenters. The zero-order valence-electron chi connectivity index (χ0n) is 15.4. The number of hydrogen-bond acceptors (Lipinski definition) is 5. The predicted octanol–water partition coefficient (Wildman–Crippen LogP) is 2.09. The number of rotatable bonds is 5. The zero-order valence-corrected chi connectivity index (χ0v) is 15.4. The van der Waals surface area contributed by atoms with Crippen LogP contribution in [0.4, 0.5) is 4.79 Å². The lowest BCUT2D eigenvalue weighted by Crippen LogP contribution is -2.53. The fraction of sp³-hybridized carbons (Fsp3) is 0.824. The summed E-state index contributed by atoms with van der Waals surface area (Å²) in [5.41, 5.74) is -1.62. The van der Waals surface area contributed by atoms with Gasteiger partial charge in [-0.3, -0.25) is 9.59 Å². The lowest BCUT2D eigenvalue weighted by molar-refractivity contribution is -0.161. The van der Waals surface area contributed by atoms with E-state index in [1.807, 2.05) is 6.92 Å². The second-order valence-electron chi connectivity index (χ2n) is 7.14. The highest BCUT2D eigenvalue weighted by Gasteiger charge is 2.46. The molecule has 0 aromatic rings. The van der Waals surface area contributed by atoms with E-state index in [0.717, 1.165) is 0 Å². The Kier molecular flexibility index (Phi) is 7.05. The van der Waals surface area contributed by atoms with Crippen LogP contribution in [-0.2, 0) is 19.1 Å². The summed E-state index contributed by atoms with van der Waals surface area (Å²) in [4.78, 5) is 38.5. The molecular weight excluding hydrogens is 312 g/mol. The first-order valence-electron chi connectivity index (χ1n) is 8.55. The van der Waals surface area contributed by atoms with E-state index >= 15 is 0 Å². The number of likely N-dealkylation sites (tertiary alicyclic amines) is 1. The maximum atomic E-state index is 12.5. The van der Waals surface area contributed by atoms with E-state index in [1.54, 1.807) is 27.7 Å². The van der Waals surface area contributed by atoms with E-state index in [0.29, 0.717) is 25.9 Å². The summed E-state index contributed by atoms with van der Waals surface area (Å²) in [5.74, 6) is -0.638. The summed E-state index contributed by atoms with van der Waals surface area (Å²) in [6.45, 7) is 10.3. The minimum absolute atomic E-state index is 0.0129. The van der Waals surface area contributed by atoms with Gasteiger partial charge in [0, 0.05) is 26.1 Å². The zero-order chi connectivity index (χ0) is 18.4. The molecule has 0 radical (unpaired) electrons. The molecule has 0 aromatic heterocycles. The van der Waals surface area contributed by atoms with E-state index in [1.165, 1.54) is 4.90 Å². The summed E-state index contributed by atoms with van der Waals surface area (Å²) < 4.78 is 10.6. The molecule has 0 saturated carbocycles. The van der Waals surface area contributed by atoms with E-state index in [9.17, 15) is 14.4 Å². The maximum Gasteiger partial charge on any atom is 0.410 e. The third-order valence-corrected chi connectivity index (χ3v) is 3.81. The quantitative estimate of drug-likeness (QED) is 0.773. The van der Waals surface area contributed by atoms with Crippen LogP contribution in [0, 0.1) is 5.41 Å². The van der Waals surface area contributed by atoms with Crippen LogP contribution in [0.1, 0.15) is 53.9 Å². The highest BCUT2D eigenvalue weighted by molar-refractivity contribution is 5.86. The molecular formula is C17H30N2O5. The van der Waals surface area contributed by atoms with Gasteiger partial charge < -0.3 is 19.7 Å². The number of esters is 1. The third-order valence-electron chi connectivity index (χ3n) is 3.81. The molecule has 1 fully saturated rings. The highest BCUT2D eigenvalue weighted by Crippen LogP contribution is 2.35. The number of piperidine rings is 1. The Labute approximate surface area is 144 Å². The van der Waals surface area contributed by atoms with Gasteiger partial charge in [0.25, 0.3) is 0 Å². The second-order valence-corrected chi connectivity index (χ2v) is 7.14. The number of ether oxygens (including phenoxy) is 2. The van der Waals surface area contributed by atoms with Gasteiger partial charge in [0.2, 0.25) is 5.91 Å². The Hall–Kier alpha value is -1.79. The molecule has 1 aliphatic rings. The van der Waals surface area contributed by atoms with Gasteiger partial charge >= 0.3 is 12.1 Å². The summed E-state index contributed by atoms with van der Waals surface area (Å²) in [7, 11) is 0. The van der Waals surface area contributed by atoms with Gasteiger partial charge in [-0.05, 0) is 47.5 Å². The first kappa shape index (κ1) is 20.3. The molecule has 1 N–H and O–H groups in total. The molecule has 1 rings (SSSR count). The number of carbonyl (C=O) groups is 3. The van der Waals surface area contributed by atoms with Crippen molar-refractivity contribution in [2.24, 2.45) is 5.41 Å². The number of nitrogens with zero attached hydrogens (tertiary/aromatic N) is 1. The van der Waals surface area contributed by atoms with Crippen molar-refractivity contribution < 1.29 is 23.9 Å². The fourth-order valence-electron chi connectivity index (χ4n) is 2.85. The van der Waals surface area contributed by atoms with Gasteiger partial charge in [0.1, 0.15) is 5.60 Å². The third kappa shape index (κ3) is 5.69. The van der Waals surface area contributed by atoms with Crippen molar-refractivity contribution in [2.75, 3.05) is 26.2 Å².